The van der Waals surface area contributed by atoms with Crippen LogP contribution in [0.15, 0.2) is 48.5 Å². The predicted octanol–water partition coefficient (Wildman–Crippen LogP) is 3.08. The third-order valence-corrected chi connectivity index (χ3v) is 3.86. The maximum absolute atomic E-state index is 12.8. The van der Waals surface area contributed by atoms with Crippen LogP contribution in [0.25, 0.3) is 0 Å². The first kappa shape index (κ1) is 18.8. The molecule has 2 amide bonds. The summed E-state index contributed by atoms with van der Waals surface area (Å²) in [5.41, 5.74) is 1.35. The van der Waals surface area contributed by atoms with Crippen molar-refractivity contribution in [2.75, 3.05) is 27.7 Å². The Balaban J connectivity index is 2.11. The highest BCUT2D eigenvalue weighted by molar-refractivity contribution is 6.30. The predicted molar refractivity (Wildman–Crippen MR) is 97.9 cm³/mol. The molecule has 0 atom stereocenters. The van der Waals surface area contributed by atoms with Gasteiger partial charge in [0.1, 0.15) is 5.75 Å². The third-order valence-electron chi connectivity index (χ3n) is 3.62. The summed E-state index contributed by atoms with van der Waals surface area (Å²) in [7, 11) is 5.02. The molecule has 0 fully saturated rings. The fourth-order valence-electron chi connectivity index (χ4n) is 2.22. The van der Waals surface area contributed by atoms with Crippen molar-refractivity contribution in [1.29, 1.82) is 0 Å². The number of likely N-dealkylation sites (N-methyl/N-ethyl adjacent to an activating group) is 1. The van der Waals surface area contributed by atoms with Crippen molar-refractivity contribution in [3.63, 3.8) is 0 Å². The van der Waals surface area contributed by atoms with Crippen molar-refractivity contribution in [2.24, 2.45) is 0 Å². The highest BCUT2D eigenvalue weighted by Crippen LogP contribution is 2.21. The topological polar surface area (TPSA) is 49.9 Å². The van der Waals surface area contributed by atoms with Gasteiger partial charge in [-0.05, 0) is 29.8 Å². The summed E-state index contributed by atoms with van der Waals surface area (Å²) in [4.78, 5) is 27.5. The summed E-state index contributed by atoms with van der Waals surface area (Å²) in [5, 5.41) is 0.629. The highest BCUT2D eigenvalue weighted by atomic mass is 35.5. The lowest BCUT2D eigenvalue weighted by molar-refractivity contribution is -0.130. The molecule has 0 heterocycles. The number of rotatable bonds is 6. The molecule has 0 spiro atoms. The molecule has 0 N–H and O–H groups in total. The molecule has 0 aliphatic carbocycles. The number of ether oxygens (including phenoxy) is 1. The summed E-state index contributed by atoms with van der Waals surface area (Å²) >= 11 is 5.99. The maximum Gasteiger partial charge on any atom is 0.259 e. The van der Waals surface area contributed by atoms with Crippen LogP contribution in [-0.2, 0) is 11.3 Å². The maximum atomic E-state index is 12.8. The Hall–Kier alpha value is -2.53. The monoisotopic (exact) mass is 360 g/mol. The molecule has 5 nitrogen and oxygen atoms in total. The Bertz CT molecular complexity index is 762. The molecule has 2 aromatic carbocycles. The van der Waals surface area contributed by atoms with E-state index in [2.05, 4.69) is 0 Å². The molecule has 0 saturated carbocycles. The normalized spacial score (nSPS) is 10.2. The zero-order chi connectivity index (χ0) is 18.4. The average molecular weight is 361 g/mol. The van der Waals surface area contributed by atoms with Gasteiger partial charge in [-0.2, -0.15) is 0 Å². The van der Waals surface area contributed by atoms with Gasteiger partial charge in [0.15, 0.2) is 6.61 Å². The van der Waals surface area contributed by atoms with E-state index >= 15 is 0 Å². The summed E-state index contributed by atoms with van der Waals surface area (Å²) in [6.07, 6.45) is 0. The van der Waals surface area contributed by atoms with Gasteiger partial charge in [-0.3, -0.25) is 9.59 Å². The smallest absolute Gasteiger partial charge is 0.259 e. The van der Waals surface area contributed by atoms with E-state index in [1.807, 2.05) is 18.2 Å². The number of nitrogens with zero attached hydrogens (tertiary/aromatic N) is 2. The first-order valence-electron chi connectivity index (χ1n) is 7.80. The number of carbonyl (C=O) groups is 2. The Morgan fingerprint density at radius 1 is 1.04 bits per heavy atom. The molecular weight excluding hydrogens is 340 g/mol. The van der Waals surface area contributed by atoms with Crippen LogP contribution in [0, 0.1) is 0 Å². The molecular formula is C19H21ClN2O3. The quantitative estimate of drug-likeness (QED) is 0.795. The number of benzene rings is 2. The van der Waals surface area contributed by atoms with Crippen LogP contribution in [0.2, 0.25) is 5.02 Å². The molecule has 0 aliphatic rings. The van der Waals surface area contributed by atoms with E-state index in [-0.39, 0.29) is 18.4 Å². The SMILES string of the molecule is CN(C)C(=O)COc1ccccc1C(=O)N(C)Cc1cccc(Cl)c1. The zero-order valence-corrected chi connectivity index (χ0v) is 15.3. The second-order valence-electron chi connectivity index (χ2n) is 5.86. The van der Waals surface area contributed by atoms with Crippen LogP contribution in [0.1, 0.15) is 15.9 Å². The molecule has 0 bridgehead atoms. The fourth-order valence-corrected chi connectivity index (χ4v) is 2.44. The number of amides is 2. The number of halogens is 1. The molecule has 0 aliphatic heterocycles. The van der Waals surface area contributed by atoms with Crippen LogP contribution < -0.4 is 4.74 Å². The first-order chi connectivity index (χ1) is 11.9. The first-order valence-corrected chi connectivity index (χ1v) is 8.18. The molecule has 25 heavy (non-hydrogen) atoms. The van der Waals surface area contributed by atoms with Gasteiger partial charge in [0.2, 0.25) is 0 Å². The van der Waals surface area contributed by atoms with Gasteiger partial charge in [0, 0.05) is 32.7 Å². The molecule has 2 aromatic rings. The molecule has 2 rings (SSSR count). The van der Waals surface area contributed by atoms with Gasteiger partial charge in [0.25, 0.3) is 11.8 Å². The fraction of sp³-hybridized carbons (Fsp3) is 0.263. The van der Waals surface area contributed by atoms with Gasteiger partial charge in [-0.1, -0.05) is 35.9 Å². The summed E-state index contributed by atoms with van der Waals surface area (Å²) in [5.74, 6) is 0.0306. The van der Waals surface area contributed by atoms with Gasteiger partial charge in [0.05, 0.1) is 5.56 Å². The summed E-state index contributed by atoms with van der Waals surface area (Å²) in [6, 6.07) is 14.3. The van der Waals surface area contributed by atoms with Crippen LogP contribution in [0.4, 0.5) is 0 Å². The average Bonchev–Trinajstić information content (AvgIpc) is 2.59. The van der Waals surface area contributed by atoms with Crippen LogP contribution >= 0.6 is 11.6 Å². The summed E-state index contributed by atoms with van der Waals surface area (Å²) in [6.45, 7) is 0.305. The van der Waals surface area contributed by atoms with E-state index in [1.54, 1.807) is 56.4 Å². The summed E-state index contributed by atoms with van der Waals surface area (Å²) < 4.78 is 5.54. The minimum absolute atomic E-state index is 0.116. The number of para-hydroxylation sites is 1. The van der Waals surface area contributed by atoms with E-state index in [1.165, 1.54) is 4.90 Å². The van der Waals surface area contributed by atoms with Crippen LogP contribution in [0.3, 0.4) is 0 Å². The standard InChI is InChI=1S/C19H21ClN2O3/c1-21(2)18(23)13-25-17-10-5-4-9-16(17)19(24)22(3)12-14-7-6-8-15(20)11-14/h4-11H,12-13H2,1-3H3. The molecule has 6 heteroatoms. The van der Waals surface area contributed by atoms with E-state index in [0.29, 0.717) is 22.9 Å². The lowest BCUT2D eigenvalue weighted by Gasteiger charge is -2.19. The second-order valence-corrected chi connectivity index (χ2v) is 6.30. The Morgan fingerprint density at radius 3 is 2.44 bits per heavy atom. The Kier molecular flexibility index (Phi) is 6.42. The Labute approximate surface area is 152 Å². The second kappa shape index (κ2) is 8.53. The van der Waals surface area contributed by atoms with Crippen LogP contribution in [0.5, 0.6) is 5.75 Å². The zero-order valence-electron chi connectivity index (χ0n) is 14.5. The third kappa shape index (κ3) is 5.22. The highest BCUT2D eigenvalue weighted by Gasteiger charge is 2.18. The lowest BCUT2D eigenvalue weighted by Crippen LogP contribution is -2.29. The van der Waals surface area contributed by atoms with Crippen molar-refractivity contribution >= 4 is 23.4 Å². The van der Waals surface area contributed by atoms with Crippen molar-refractivity contribution < 1.29 is 14.3 Å². The van der Waals surface area contributed by atoms with Crippen molar-refractivity contribution in [3.05, 3.63) is 64.7 Å². The number of carbonyl (C=O) groups excluding carboxylic acids is 2. The Morgan fingerprint density at radius 2 is 1.76 bits per heavy atom. The van der Waals surface area contributed by atoms with Gasteiger partial charge in [-0.25, -0.2) is 0 Å². The van der Waals surface area contributed by atoms with E-state index in [4.69, 9.17) is 16.3 Å². The number of hydrogen-bond acceptors (Lipinski definition) is 3. The minimum atomic E-state index is -0.187. The number of hydrogen-bond donors (Lipinski definition) is 0. The molecule has 0 aromatic heterocycles. The van der Waals surface area contributed by atoms with Gasteiger partial charge >= 0.3 is 0 Å². The molecule has 0 radical (unpaired) electrons. The van der Waals surface area contributed by atoms with Crippen molar-refractivity contribution in [1.82, 2.24) is 9.80 Å². The lowest BCUT2D eigenvalue weighted by atomic mass is 10.1. The van der Waals surface area contributed by atoms with Gasteiger partial charge in [-0.15, -0.1) is 0 Å². The molecule has 0 unspecified atom stereocenters. The largest absolute Gasteiger partial charge is 0.483 e. The van der Waals surface area contributed by atoms with Crippen molar-refractivity contribution in [3.8, 4) is 5.75 Å². The van der Waals surface area contributed by atoms with Gasteiger partial charge < -0.3 is 14.5 Å². The van der Waals surface area contributed by atoms with E-state index < -0.39 is 0 Å². The van der Waals surface area contributed by atoms with E-state index in [0.717, 1.165) is 5.56 Å². The minimum Gasteiger partial charge on any atom is -0.483 e. The molecule has 132 valence electrons. The van der Waals surface area contributed by atoms with Crippen LogP contribution in [-0.4, -0.2) is 49.4 Å². The molecule has 0 saturated heterocycles. The van der Waals surface area contributed by atoms with Crippen molar-refractivity contribution in [2.45, 2.75) is 6.54 Å². The van der Waals surface area contributed by atoms with E-state index in [9.17, 15) is 9.59 Å².